The van der Waals surface area contributed by atoms with Crippen molar-refractivity contribution in [2.24, 2.45) is 7.05 Å². The molecule has 10 heteroatoms. The molecule has 7 nitrogen and oxygen atoms in total. The van der Waals surface area contributed by atoms with Crippen molar-refractivity contribution in [1.29, 1.82) is 5.26 Å². The van der Waals surface area contributed by atoms with Crippen LogP contribution in [0.2, 0.25) is 0 Å². The highest BCUT2D eigenvalue weighted by Crippen LogP contribution is 2.30. The molecule has 2 N–H and O–H groups in total. The number of hydrogen-bond donors (Lipinski definition) is 2. The normalized spacial score (nSPS) is 12.2. The molecule has 4 aromatic rings. The Morgan fingerprint density at radius 2 is 1.89 bits per heavy atom. The molecule has 0 bridgehead atoms. The monoisotopic (exact) mass is 493 g/mol. The lowest BCUT2D eigenvalue weighted by atomic mass is 10.0. The minimum atomic E-state index is -4.77. The number of alkyl halides is 3. The number of aliphatic hydroxyl groups is 1. The van der Waals surface area contributed by atoms with Crippen molar-refractivity contribution in [3.05, 3.63) is 101 Å². The van der Waals surface area contributed by atoms with E-state index in [0.717, 1.165) is 16.8 Å². The van der Waals surface area contributed by atoms with Crippen LogP contribution in [0.3, 0.4) is 0 Å². The lowest BCUT2D eigenvalue weighted by Gasteiger charge is -2.12. The van der Waals surface area contributed by atoms with Crippen LogP contribution < -0.4 is 5.32 Å². The van der Waals surface area contributed by atoms with Gasteiger partial charge in [-0.15, -0.1) is 0 Å². The van der Waals surface area contributed by atoms with Gasteiger partial charge in [-0.1, -0.05) is 25.1 Å². The van der Waals surface area contributed by atoms with Gasteiger partial charge in [0.15, 0.2) is 5.69 Å². The van der Waals surface area contributed by atoms with Gasteiger partial charge in [-0.2, -0.15) is 23.5 Å². The third-order valence-corrected chi connectivity index (χ3v) is 5.72. The van der Waals surface area contributed by atoms with Crippen molar-refractivity contribution >= 4 is 11.6 Å². The number of nitrogens with zero attached hydrogens (tertiary/aromatic N) is 4. The number of carbonyl (C=O) groups excluding carboxylic acids is 1. The Labute approximate surface area is 205 Å². The summed E-state index contributed by atoms with van der Waals surface area (Å²) in [5.74, 6) is -0.833. The summed E-state index contributed by atoms with van der Waals surface area (Å²) in [5, 5.41) is 26.1. The molecule has 4 rings (SSSR count). The van der Waals surface area contributed by atoms with Gasteiger partial charge in [0.25, 0.3) is 5.91 Å². The van der Waals surface area contributed by atoms with Crippen LogP contribution in [0.1, 0.15) is 51.6 Å². The zero-order chi connectivity index (χ0) is 26.0. The van der Waals surface area contributed by atoms with Gasteiger partial charge in [-0.25, -0.2) is 4.68 Å². The molecule has 0 spiro atoms. The summed E-state index contributed by atoms with van der Waals surface area (Å²) in [6, 6.07) is 16.7. The second-order valence-electron chi connectivity index (χ2n) is 8.20. The quantitative estimate of drug-likeness (QED) is 0.395. The summed E-state index contributed by atoms with van der Waals surface area (Å²) in [6.07, 6.45) is -3.11. The van der Waals surface area contributed by atoms with Crippen LogP contribution in [0.15, 0.2) is 66.9 Å². The number of benzene rings is 2. The molecule has 0 aliphatic rings. The highest BCUT2D eigenvalue weighted by Gasteiger charge is 2.36. The first-order chi connectivity index (χ1) is 17.1. The van der Waals surface area contributed by atoms with Crippen LogP contribution in [0.5, 0.6) is 0 Å². The van der Waals surface area contributed by atoms with Crippen molar-refractivity contribution < 1.29 is 23.1 Å². The number of nitriles is 1. The number of aliphatic hydroxyl groups excluding tert-OH is 1. The summed E-state index contributed by atoms with van der Waals surface area (Å²) < 4.78 is 43.0. The summed E-state index contributed by atoms with van der Waals surface area (Å²) in [6.45, 7) is 2.01. The van der Waals surface area contributed by atoms with Crippen molar-refractivity contribution in [2.45, 2.75) is 25.6 Å². The van der Waals surface area contributed by atoms with Crippen molar-refractivity contribution in [3.8, 4) is 11.8 Å². The van der Waals surface area contributed by atoms with Crippen molar-refractivity contribution in [3.63, 3.8) is 0 Å². The average Bonchev–Trinajstić information content (AvgIpc) is 3.48. The fourth-order valence-corrected chi connectivity index (χ4v) is 3.90. The molecule has 2 aromatic heterocycles. The highest BCUT2D eigenvalue weighted by molar-refractivity contribution is 6.03. The van der Waals surface area contributed by atoms with Crippen molar-refractivity contribution in [2.75, 3.05) is 5.32 Å². The Bertz CT molecular complexity index is 1460. The van der Waals surface area contributed by atoms with Crippen molar-refractivity contribution in [1.82, 2.24) is 14.3 Å². The van der Waals surface area contributed by atoms with Crippen LogP contribution in [0, 0.1) is 11.3 Å². The van der Waals surface area contributed by atoms with Crippen LogP contribution in [0.4, 0.5) is 18.9 Å². The van der Waals surface area contributed by atoms with Gasteiger partial charge < -0.3 is 15.0 Å². The van der Waals surface area contributed by atoms with Crippen LogP contribution >= 0.6 is 0 Å². The number of carbonyl (C=O) groups is 1. The molecular weight excluding hydrogens is 471 g/mol. The molecule has 1 amide bonds. The molecule has 184 valence electrons. The first-order valence-electron chi connectivity index (χ1n) is 11.0. The van der Waals surface area contributed by atoms with Gasteiger partial charge in [-0.3, -0.25) is 4.79 Å². The average molecular weight is 493 g/mol. The van der Waals surface area contributed by atoms with Gasteiger partial charge in [0.1, 0.15) is 11.8 Å². The molecule has 0 saturated carbocycles. The van der Waals surface area contributed by atoms with E-state index in [1.807, 2.05) is 36.9 Å². The third-order valence-electron chi connectivity index (χ3n) is 5.72. The maximum atomic E-state index is 13.4. The largest absolute Gasteiger partial charge is 0.435 e. The zero-order valence-corrected chi connectivity index (χ0v) is 19.4. The van der Waals surface area contributed by atoms with E-state index in [1.54, 1.807) is 24.3 Å². The Morgan fingerprint density at radius 1 is 1.14 bits per heavy atom. The van der Waals surface area contributed by atoms with Gasteiger partial charge in [0.2, 0.25) is 0 Å². The smallest absolute Gasteiger partial charge is 0.384 e. The van der Waals surface area contributed by atoms with E-state index in [2.05, 4.69) is 10.4 Å². The van der Waals surface area contributed by atoms with Gasteiger partial charge in [-0.05, 0) is 48.4 Å². The Morgan fingerprint density at radius 3 is 2.56 bits per heavy atom. The van der Waals surface area contributed by atoms with E-state index < -0.39 is 23.9 Å². The van der Waals surface area contributed by atoms with E-state index in [0.29, 0.717) is 17.2 Å². The van der Waals surface area contributed by atoms with E-state index in [1.165, 1.54) is 24.3 Å². The maximum Gasteiger partial charge on any atom is 0.435 e. The van der Waals surface area contributed by atoms with Crippen LogP contribution in [0.25, 0.3) is 5.69 Å². The molecule has 0 saturated heterocycles. The minimum absolute atomic E-state index is 0.134. The van der Waals surface area contributed by atoms with Crippen LogP contribution in [-0.4, -0.2) is 25.4 Å². The van der Waals surface area contributed by atoms with E-state index in [4.69, 9.17) is 5.26 Å². The number of rotatable bonds is 6. The topological polar surface area (TPSA) is 95.9 Å². The Hall–Kier alpha value is -4.36. The SMILES string of the molecule is CCc1cc(C(O)c2cccc(NC(=O)c3cc(C(F)(F)F)nn3-c3cccc(C#N)c3)c2)cn1C. The van der Waals surface area contributed by atoms with Gasteiger partial charge >= 0.3 is 6.18 Å². The molecular formula is C26H22F3N5O2. The molecule has 0 aliphatic carbocycles. The molecule has 2 heterocycles. The number of aryl methyl sites for hydroxylation is 2. The molecule has 0 radical (unpaired) electrons. The predicted octanol–water partition coefficient (Wildman–Crippen LogP) is 5.00. The maximum absolute atomic E-state index is 13.4. The summed E-state index contributed by atoms with van der Waals surface area (Å²) in [7, 11) is 1.89. The number of aromatic nitrogens is 3. The molecule has 1 atom stereocenters. The Kier molecular flexibility index (Phi) is 6.68. The highest BCUT2D eigenvalue weighted by atomic mass is 19.4. The van der Waals surface area contributed by atoms with Crippen LogP contribution in [-0.2, 0) is 19.6 Å². The lowest BCUT2D eigenvalue weighted by molar-refractivity contribution is -0.141. The summed E-state index contributed by atoms with van der Waals surface area (Å²) >= 11 is 0. The van der Waals surface area contributed by atoms with Gasteiger partial charge in [0.05, 0.1) is 17.3 Å². The molecule has 0 aliphatic heterocycles. The fourth-order valence-electron chi connectivity index (χ4n) is 3.90. The number of amides is 1. The number of hydrogen-bond acceptors (Lipinski definition) is 4. The standard InChI is InChI=1S/C26H22F3N5O2/c1-3-20-12-18(15-33(20)2)24(35)17-7-5-8-19(11-17)31-25(36)22-13-23(26(27,28)29)32-34(22)21-9-4-6-16(10-21)14-30/h4-13,15,24,35H,3H2,1-2H3,(H,31,36). The molecule has 36 heavy (non-hydrogen) atoms. The number of halogens is 3. The van der Waals surface area contributed by atoms with E-state index >= 15 is 0 Å². The zero-order valence-electron chi connectivity index (χ0n) is 19.4. The van der Waals surface area contributed by atoms with Gasteiger partial charge in [0, 0.05) is 36.3 Å². The Balaban J connectivity index is 1.66. The van der Waals surface area contributed by atoms with E-state index in [-0.39, 0.29) is 22.6 Å². The molecule has 0 fully saturated rings. The first kappa shape index (κ1) is 24.8. The lowest BCUT2D eigenvalue weighted by Crippen LogP contribution is -2.17. The van der Waals surface area contributed by atoms with E-state index in [9.17, 15) is 23.1 Å². The predicted molar refractivity (Wildman–Crippen MR) is 127 cm³/mol. The second-order valence-corrected chi connectivity index (χ2v) is 8.20. The first-order valence-corrected chi connectivity index (χ1v) is 11.0. The fraction of sp³-hybridized carbons (Fsp3) is 0.192. The number of nitrogens with one attached hydrogen (secondary N) is 1. The molecule has 1 unspecified atom stereocenters. The summed E-state index contributed by atoms with van der Waals surface area (Å²) in [5.41, 5.74) is 1.26. The second kappa shape index (κ2) is 9.71. The summed E-state index contributed by atoms with van der Waals surface area (Å²) in [4.78, 5) is 13.1. The molecule has 2 aromatic carbocycles. The minimum Gasteiger partial charge on any atom is -0.384 e. The third kappa shape index (κ3) is 5.01. The number of anilines is 1.